The maximum Gasteiger partial charge on any atom is 0.416 e. The van der Waals surface area contributed by atoms with Crippen LogP contribution in [0.5, 0.6) is 0 Å². The van der Waals surface area contributed by atoms with Gasteiger partial charge in [-0.1, -0.05) is 49.4 Å². The third-order valence-corrected chi connectivity index (χ3v) is 3.66. The predicted octanol–water partition coefficient (Wildman–Crippen LogP) is 5.01. The number of ketones is 1. The summed E-state index contributed by atoms with van der Waals surface area (Å²) in [5.74, 6) is -0.351. The fourth-order valence-electron chi connectivity index (χ4n) is 2.47. The molecule has 0 fully saturated rings. The Hall–Kier alpha value is -2.10. The lowest BCUT2D eigenvalue weighted by atomic mass is 9.88. The molecule has 4 heteroatoms. The van der Waals surface area contributed by atoms with Crippen LogP contribution in [0.25, 0.3) is 0 Å². The Morgan fingerprint density at radius 2 is 1.59 bits per heavy atom. The smallest absolute Gasteiger partial charge is 0.299 e. The molecule has 0 spiro atoms. The summed E-state index contributed by atoms with van der Waals surface area (Å²) in [4.78, 5) is 12.4. The fourth-order valence-corrected chi connectivity index (χ4v) is 2.47. The van der Waals surface area contributed by atoms with Crippen molar-refractivity contribution in [3.8, 4) is 0 Å². The van der Waals surface area contributed by atoms with Gasteiger partial charge in [-0.15, -0.1) is 0 Å². The van der Waals surface area contributed by atoms with E-state index in [4.69, 9.17) is 0 Å². The van der Waals surface area contributed by atoms with E-state index >= 15 is 0 Å². The summed E-state index contributed by atoms with van der Waals surface area (Å²) in [6, 6.07) is 14.2. The second kappa shape index (κ2) is 6.77. The maximum absolute atomic E-state index is 12.6. The first-order chi connectivity index (χ1) is 10.4. The number of hydrogen-bond donors (Lipinski definition) is 0. The number of rotatable bonds is 5. The molecule has 0 saturated carbocycles. The zero-order chi connectivity index (χ0) is 16.2. The van der Waals surface area contributed by atoms with Gasteiger partial charge in [0.05, 0.1) is 5.56 Å². The number of alkyl halides is 3. The minimum Gasteiger partial charge on any atom is -0.299 e. The average molecular weight is 306 g/mol. The topological polar surface area (TPSA) is 17.1 Å². The molecule has 0 bridgehead atoms. The predicted molar refractivity (Wildman–Crippen MR) is 79.6 cm³/mol. The molecule has 116 valence electrons. The summed E-state index contributed by atoms with van der Waals surface area (Å²) in [6.45, 7) is 1.87. The van der Waals surface area contributed by atoms with Crippen LogP contribution in [0, 0.1) is 0 Å². The third kappa shape index (κ3) is 3.97. The third-order valence-electron chi connectivity index (χ3n) is 3.66. The van der Waals surface area contributed by atoms with E-state index in [1.54, 1.807) is 0 Å². The largest absolute Gasteiger partial charge is 0.416 e. The molecule has 0 aliphatic rings. The van der Waals surface area contributed by atoms with Crippen LogP contribution in [-0.2, 0) is 17.4 Å². The zero-order valence-corrected chi connectivity index (χ0v) is 12.2. The lowest BCUT2D eigenvalue weighted by Gasteiger charge is -2.15. The molecule has 0 N–H and O–H groups in total. The molecule has 0 aliphatic carbocycles. The van der Waals surface area contributed by atoms with Gasteiger partial charge in [-0.25, -0.2) is 0 Å². The second-order valence-electron chi connectivity index (χ2n) is 5.21. The molecule has 2 aromatic carbocycles. The van der Waals surface area contributed by atoms with Crippen LogP contribution in [0.3, 0.4) is 0 Å². The Balaban J connectivity index is 2.15. The van der Waals surface area contributed by atoms with Gasteiger partial charge in [0.15, 0.2) is 0 Å². The second-order valence-corrected chi connectivity index (χ2v) is 5.21. The van der Waals surface area contributed by atoms with Crippen molar-refractivity contribution in [1.29, 1.82) is 0 Å². The van der Waals surface area contributed by atoms with Crippen LogP contribution in [0.4, 0.5) is 13.2 Å². The van der Waals surface area contributed by atoms with E-state index in [0.717, 1.165) is 17.7 Å². The van der Waals surface area contributed by atoms with Crippen molar-refractivity contribution in [1.82, 2.24) is 0 Å². The lowest BCUT2D eigenvalue weighted by Crippen LogP contribution is -2.15. The van der Waals surface area contributed by atoms with Crippen molar-refractivity contribution in [3.63, 3.8) is 0 Å². The number of halogens is 3. The minimum atomic E-state index is -4.35. The van der Waals surface area contributed by atoms with Crippen molar-refractivity contribution in [2.75, 3.05) is 0 Å². The maximum atomic E-state index is 12.6. The van der Waals surface area contributed by atoms with Crippen LogP contribution >= 0.6 is 0 Å². The Bertz CT molecular complexity index is 615. The van der Waals surface area contributed by atoms with E-state index < -0.39 is 11.7 Å². The Labute approximate surface area is 127 Å². The summed E-state index contributed by atoms with van der Waals surface area (Å²) >= 11 is 0. The Kier molecular flexibility index (Phi) is 5.01. The molecular weight excluding hydrogens is 289 g/mol. The van der Waals surface area contributed by atoms with Crippen LogP contribution in [0.2, 0.25) is 0 Å². The summed E-state index contributed by atoms with van der Waals surface area (Å²) in [7, 11) is 0. The van der Waals surface area contributed by atoms with Crippen molar-refractivity contribution in [3.05, 3.63) is 71.3 Å². The molecule has 0 aliphatic heterocycles. The van der Waals surface area contributed by atoms with Crippen LogP contribution in [0.1, 0.15) is 36.0 Å². The van der Waals surface area contributed by atoms with Gasteiger partial charge in [-0.05, 0) is 29.7 Å². The van der Waals surface area contributed by atoms with E-state index in [2.05, 4.69) is 0 Å². The highest BCUT2D eigenvalue weighted by atomic mass is 19.4. The summed E-state index contributed by atoms with van der Waals surface area (Å²) in [6.07, 6.45) is -3.49. The number of hydrogen-bond acceptors (Lipinski definition) is 1. The number of benzene rings is 2. The quantitative estimate of drug-likeness (QED) is 0.759. The highest BCUT2D eigenvalue weighted by Crippen LogP contribution is 2.31. The van der Waals surface area contributed by atoms with Crippen molar-refractivity contribution in [2.24, 2.45) is 0 Å². The normalized spacial score (nSPS) is 12.9. The van der Waals surface area contributed by atoms with Gasteiger partial charge in [0, 0.05) is 12.3 Å². The van der Waals surface area contributed by atoms with Gasteiger partial charge in [0.25, 0.3) is 0 Å². The molecule has 1 atom stereocenters. The summed E-state index contributed by atoms with van der Waals surface area (Å²) in [5, 5.41) is 0. The van der Waals surface area contributed by atoms with Crippen LogP contribution in [-0.4, -0.2) is 5.78 Å². The van der Waals surface area contributed by atoms with E-state index in [9.17, 15) is 18.0 Å². The van der Waals surface area contributed by atoms with Crippen molar-refractivity contribution < 1.29 is 18.0 Å². The molecule has 1 nitrogen and oxygen atoms in total. The first-order valence-electron chi connectivity index (χ1n) is 7.15. The van der Waals surface area contributed by atoms with Gasteiger partial charge >= 0.3 is 6.18 Å². The van der Waals surface area contributed by atoms with Crippen molar-refractivity contribution in [2.45, 2.75) is 31.9 Å². The molecular formula is C18H17F3O. The zero-order valence-electron chi connectivity index (χ0n) is 12.2. The Morgan fingerprint density at radius 1 is 1.00 bits per heavy atom. The monoisotopic (exact) mass is 306 g/mol. The molecule has 2 rings (SSSR count). The van der Waals surface area contributed by atoms with Gasteiger partial charge < -0.3 is 0 Å². The fraction of sp³-hybridized carbons (Fsp3) is 0.278. The molecule has 0 radical (unpaired) electrons. The molecule has 2 aromatic rings. The molecule has 1 unspecified atom stereocenters. The summed E-state index contributed by atoms with van der Waals surface area (Å²) in [5.41, 5.74) is 0.857. The van der Waals surface area contributed by atoms with Crippen molar-refractivity contribution >= 4 is 5.78 Å². The van der Waals surface area contributed by atoms with E-state index in [0.29, 0.717) is 18.4 Å². The highest BCUT2D eigenvalue weighted by Gasteiger charge is 2.30. The molecule has 22 heavy (non-hydrogen) atoms. The first kappa shape index (κ1) is 16.3. The van der Waals surface area contributed by atoms with E-state index in [-0.39, 0.29) is 11.7 Å². The van der Waals surface area contributed by atoms with Gasteiger partial charge in [-0.3, -0.25) is 4.79 Å². The van der Waals surface area contributed by atoms with Crippen LogP contribution < -0.4 is 0 Å². The Morgan fingerprint density at radius 3 is 2.09 bits per heavy atom. The van der Waals surface area contributed by atoms with Gasteiger partial charge in [-0.2, -0.15) is 13.2 Å². The minimum absolute atomic E-state index is 0.0217. The van der Waals surface area contributed by atoms with Crippen LogP contribution in [0.15, 0.2) is 54.6 Å². The number of Topliss-reactive ketones (excluding diaryl/α,β-unsaturated/α-hetero) is 1. The molecule has 0 saturated heterocycles. The lowest BCUT2D eigenvalue weighted by molar-refractivity contribution is -0.137. The van der Waals surface area contributed by atoms with Gasteiger partial charge in [0.2, 0.25) is 0 Å². The number of carbonyl (C=O) groups excluding carboxylic acids is 1. The van der Waals surface area contributed by atoms with Gasteiger partial charge in [0.1, 0.15) is 5.78 Å². The molecule has 0 amide bonds. The average Bonchev–Trinajstić information content (AvgIpc) is 2.48. The molecule has 0 heterocycles. The van der Waals surface area contributed by atoms with E-state index in [1.807, 2.05) is 37.3 Å². The molecule has 0 aromatic heterocycles. The number of carbonyl (C=O) groups is 1. The standard InChI is InChI=1S/C18H17F3O/c1-2-16(17(22)12-13-6-4-3-5-7-13)14-8-10-15(11-9-14)18(19,20)21/h3-11,16H,2,12H2,1H3. The highest BCUT2D eigenvalue weighted by molar-refractivity contribution is 5.87. The van der Waals surface area contributed by atoms with E-state index in [1.165, 1.54) is 12.1 Å². The summed E-state index contributed by atoms with van der Waals surface area (Å²) < 4.78 is 37.7. The SMILES string of the molecule is CCC(C(=O)Cc1ccccc1)c1ccc(C(F)(F)F)cc1. The first-order valence-corrected chi connectivity index (χ1v) is 7.15.